The lowest BCUT2D eigenvalue weighted by Crippen LogP contribution is -2.63. The number of carboxylic acid groups (broad SMARTS) is 1. The molecule has 0 spiro atoms. The van der Waals surface area contributed by atoms with Crippen LogP contribution in [-0.4, -0.2) is 157 Å². The van der Waals surface area contributed by atoms with Crippen molar-refractivity contribution in [3.63, 3.8) is 0 Å². The fourth-order valence-corrected chi connectivity index (χ4v) is 11.6. The van der Waals surface area contributed by atoms with Crippen LogP contribution in [0.3, 0.4) is 0 Å². The van der Waals surface area contributed by atoms with Crippen LogP contribution < -0.4 is 59.1 Å². The topological polar surface area (TPSA) is 442 Å². The van der Waals surface area contributed by atoms with Gasteiger partial charge in [-0.15, -0.1) is 0 Å². The molecule has 11 atom stereocenters. The van der Waals surface area contributed by atoms with Crippen LogP contribution in [-0.2, 0) is 80.0 Å². The molecule has 1 aromatic heterocycles. The summed E-state index contributed by atoms with van der Waals surface area (Å²) in [5, 5.41) is 42.1. The second kappa shape index (κ2) is 39.0. The minimum Gasteiger partial charge on any atom is -0.508 e. The van der Waals surface area contributed by atoms with Crippen LogP contribution in [0, 0.1) is 17.3 Å². The fourth-order valence-electron chi connectivity index (χ4n) is 11.6. The number of nitrogens with one attached hydrogen (secondary N) is 11. The number of fused-ring (bicyclic) bond motifs is 1. The van der Waals surface area contributed by atoms with Crippen LogP contribution in [0.25, 0.3) is 10.9 Å². The predicted octanol–water partition coefficient (Wildman–Crippen LogP) is 3.83. The highest BCUT2D eigenvalue weighted by Gasteiger charge is 2.41. The summed E-state index contributed by atoms with van der Waals surface area (Å²) >= 11 is 0. The van der Waals surface area contributed by atoms with Gasteiger partial charge in [0, 0.05) is 55.1 Å². The number of aromatic amines is 1. The Balaban J connectivity index is 1.66. The number of carboxylic acids is 1. The largest absolute Gasteiger partial charge is 0.508 e. The number of Topliss-reactive ketones (excluding diaryl/α,β-unsaturated/α-hetero) is 4. The lowest BCUT2D eigenvalue weighted by Gasteiger charge is -2.33. The number of aromatic hydroxyl groups is 1. The molecule has 0 fully saturated rings. The minimum atomic E-state index is -1.69. The van der Waals surface area contributed by atoms with Crippen molar-refractivity contribution in [3.05, 3.63) is 78.0 Å². The maximum absolute atomic E-state index is 15.0. The molecule has 3 aromatic rings. The Morgan fingerprint density at radius 3 is 1.88 bits per heavy atom. The highest BCUT2D eigenvalue weighted by atomic mass is 16.4. The molecule has 2 unspecified atom stereocenters. The molecular weight excluding hydrogens is 1290 g/mol. The number of nitrogens with two attached hydrogens (primary N) is 1. The van der Waals surface area contributed by atoms with E-state index in [-0.39, 0.29) is 75.2 Å². The van der Waals surface area contributed by atoms with Crippen molar-refractivity contribution in [1.82, 2.24) is 58.4 Å². The average molecular weight is 1400 g/mol. The van der Waals surface area contributed by atoms with Gasteiger partial charge in [-0.05, 0) is 155 Å². The van der Waals surface area contributed by atoms with E-state index in [1.807, 2.05) is 50.3 Å². The van der Waals surface area contributed by atoms with Crippen LogP contribution in [0.5, 0.6) is 5.75 Å². The van der Waals surface area contributed by atoms with E-state index >= 15 is 4.79 Å². The first kappa shape index (κ1) is 83.2. The molecule has 4 rings (SSSR count). The Hall–Kier alpha value is -9.18. The minimum absolute atomic E-state index is 0.0644. The van der Waals surface area contributed by atoms with Crippen molar-refractivity contribution in [1.29, 1.82) is 0 Å². The van der Waals surface area contributed by atoms with Crippen molar-refractivity contribution < 1.29 is 77.3 Å². The number of amides is 9. The average Bonchev–Trinajstić information content (AvgIpc) is 1.34. The van der Waals surface area contributed by atoms with E-state index in [1.54, 1.807) is 13.1 Å². The number of phenolic OH excluding ortho intramolecular Hbond substituents is 1. The normalized spacial score (nSPS) is 22.6. The molecule has 28 nitrogen and oxygen atoms in total. The Kier molecular flexibility index (Phi) is 32.5. The third-order valence-corrected chi connectivity index (χ3v) is 17.9. The smallest absolute Gasteiger partial charge is 0.303 e. The van der Waals surface area contributed by atoms with Gasteiger partial charge in [-0.2, -0.15) is 0 Å². The van der Waals surface area contributed by atoms with E-state index in [4.69, 9.17) is 5.73 Å². The molecule has 0 saturated carbocycles. The summed E-state index contributed by atoms with van der Waals surface area (Å²) in [6, 6.07) is 2.78. The molecule has 0 saturated heterocycles. The van der Waals surface area contributed by atoms with E-state index in [1.165, 1.54) is 86.6 Å². The highest BCUT2D eigenvalue weighted by molar-refractivity contribution is 6.41. The van der Waals surface area contributed by atoms with Crippen LogP contribution in [0.4, 0.5) is 0 Å². The summed E-state index contributed by atoms with van der Waals surface area (Å²) in [5.74, 6) is -11.9. The van der Waals surface area contributed by atoms with Gasteiger partial charge in [0.1, 0.15) is 52.8 Å². The maximum atomic E-state index is 15.0. The van der Waals surface area contributed by atoms with Crippen molar-refractivity contribution in [3.8, 4) is 5.75 Å². The number of aromatic nitrogens is 1. The number of carbonyl (C=O) groups excluding carboxylic acids is 13. The van der Waals surface area contributed by atoms with Gasteiger partial charge in [0.05, 0.1) is 23.5 Å². The molecule has 2 aromatic carbocycles. The van der Waals surface area contributed by atoms with Gasteiger partial charge in [-0.3, -0.25) is 67.1 Å². The second-order valence-corrected chi connectivity index (χ2v) is 28.0. The molecule has 1 aliphatic rings. The van der Waals surface area contributed by atoms with E-state index in [0.717, 1.165) is 23.7 Å². The zero-order valence-electron chi connectivity index (χ0n) is 59.8. The third kappa shape index (κ3) is 26.5. The SMILES string of the molecule is CC(=O)C[C@]1(C)CCCCCC/C=C/CCC[C@@](C)(C(=O)NC(C)C(=O)N[C@@H](C)C(=O)C(=O)[C@H](C)NNC(C)(C)C(=O)N[C@@H](C)C(=O)N[C@H](C)C(N)=O)NC(=O)[C@H](CC(C)C)CCC(=O)[C@H](Cc2c[nH]c3ccccc23)NC(=O)C(Cc2ccc(O)cc2)NC(=O)[C@H](CCC(=O)O)NC1=O. The van der Waals surface area contributed by atoms with Crippen molar-refractivity contribution in [2.45, 2.75) is 252 Å². The second-order valence-electron chi connectivity index (χ2n) is 28.0. The number of rotatable bonds is 26. The van der Waals surface area contributed by atoms with Crippen LogP contribution in [0.1, 0.15) is 191 Å². The van der Waals surface area contributed by atoms with E-state index in [9.17, 15) is 72.5 Å². The number of hydrogen-bond donors (Lipinski definition) is 14. The zero-order chi connectivity index (χ0) is 74.8. The molecule has 15 N–H and O–H groups in total. The number of benzene rings is 2. The Labute approximate surface area is 585 Å². The summed E-state index contributed by atoms with van der Waals surface area (Å²) in [4.78, 5) is 194. The number of aliphatic carboxylic acids is 1. The van der Waals surface area contributed by atoms with Gasteiger partial charge in [-0.25, -0.2) is 10.9 Å². The molecule has 28 heteroatoms. The number of phenols is 1. The number of para-hydroxylation sites is 1. The molecule has 100 heavy (non-hydrogen) atoms. The van der Waals surface area contributed by atoms with Crippen LogP contribution in [0.15, 0.2) is 66.9 Å². The summed E-state index contributed by atoms with van der Waals surface area (Å²) in [6.45, 7) is 17.9. The van der Waals surface area contributed by atoms with Gasteiger partial charge >= 0.3 is 5.97 Å². The quantitative estimate of drug-likeness (QED) is 0.0308. The number of hydrogen-bond acceptors (Lipinski definition) is 17. The summed E-state index contributed by atoms with van der Waals surface area (Å²) in [5.41, 5.74) is 7.91. The Bertz CT molecular complexity index is 3440. The molecule has 2 heterocycles. The standard InChI is InChI=1S/C72H106N12O16/c1-41(2)36-49-28-32-57(87)55(38-50-40-74-53-25-21-20-24-52(50)53)79-66(97)56(37-48-26-29-51(86)30-27-48)80-65(96)54(31-33-58(88)89)81-68(99)71(11,39-42(3)85)34-22-18-16-14-13-15-17-19-23-35-72(12,82-64(49)95)69(100)78-47(8)62(93)75-43(4)59(90)60(91)44(5)83-84-70(9,10)67(98)77-46(7)63(94)76-45(6)61(73)92/h15,17,20-21,24-27,29-30,40-41,43-47,49,54-56,74,83-84,86H,13-14,16,18-19,22-23,28,31-39H2,1-12H3,(H2,73,92)(H,75,93)(H,76,94)(H,77,98)(H,78,100)(H,79,97)(H,80,96)(H,81,99)(H,82,95)(H,88,89)/b17-15+/t43-,44-,45+,46-,47?,49-,54-,55-,56?,71-,72-/m0/s1. The number of carbonyl (C=O) groups is 14. The lowest BCUT2D eigenvalue weighted by molar-refractivity contribution is -0.140. The molecule has 0 radical (unpaired) electrons. The van der Waals surface area contributed by atoms with Gasteiger partial charge in [0.15, 0.2) is 5.78 Å². The van der Waals surface area contributed by atoms with Gasteiger partial charge < -0.3 is 63.5 Å². The first-order chi connectivity index (χ1) is 46.9. The van der Waals surface area contributed by atoms with Crippen molar-refractivity contribution in [2.24, 2.45) is 23.0 Å². The predicted molar refractivity (Wildman–Crippen MR) is 374 cm³/mol. The third-order valence-electron chi connectivity index (χ3n) is 17.9. The fraction of sp³-hybridized carbons (Fsp3) is 0.583. The summed E-state index contributed by atoms with van der Waals surface area (Å²) < 4.78 is 0. The monoisotopic (exact) mass is 1390 g/mol. The van der Waals surface area contributed by atoms with Crippen LogP contribution >= 0.6 is 0 Å². The number of hydrazine groups is 1. The number of allylic oxidation sites excluding steroid dienone is 2. The van der Waals surface area contributed by atoms with Gasteiger partial charge in [0.2, 0.25) is 64.7 Å². The van der Waals surface area contributed by atoms with Crippen molar-refractivity contribution in [2.75, 3.05) is 0 Å². The van der Waals surface area contributed by atoms with Crippen LogP contribution in [0.2, 0.25) is 0 Å². The highest BCUT2D eigenvalue weighted by Crippen LogP contribution is 2.31. The van der Waals surface area contributed by atoms with E-state index in [2.05, 4.69) is 58.4 Å². The van der Waals surface area contributed by atoms with Gasteiger partial charge in [0.25, 0.3) is 0 Å². The summed E-state index contributed by atoms with van der Waals surface area (Å²) in [6.07, 6.45) is 8.73. The number of primary amides is 1. The van der Waals surface area contributed by atoms with E-state index in [0.29, 0.717) is 43.2 Å². The number of ketones is 4. The molecule has 1 aliphatic heterocycles. The maximum Gasteiger partial charge on any atom is 0.303 e. The molecule has 550 valence electrons. The molecule has 0 aliphatic carbocycles. The Morgan fingerprint density at radius 1 is 0.660 bits per heavy atom. The van der Waals surface area contributed by atoms with Crippen molar-refractivity contribution >= 4 is 93.2 Å². The zero-order valence-corrected chi connectivity index (χ0v) is 59.8. The molecule has 0 bridgehead atoms. The Morgan fingerprint density at radius 2 is 1.25 bits per heavy atom. The van der Waals surface area contributed by atoms with E-state index < -0.39 is 154 Å². The summed E-state index contributed by atoms with van der Waals surface area (Å²) in [7, 11) is 0. The molecular formula is C72H106N12O16. The molecule has 9 amide bonds. The lowest BCUT2D eigenvalue weighted by atomic mass is 9.79. The van der Waals surface area contributed by atoms with Gasteiger partial charge in [-0.1, -0.05) is 82.5 Å². The first-order valence-corrected chi connectivity index (χ1v) is 34.4. The first-order valence-electron chi connectivity index (χ1n) is 34.4. The number of H-pyrrole nitrogens is 1.